The number of piperidine rings is 1. The highest BCUT2D eigenvalue weighted by molar-refractivity contribution is 5.84. The third-order valence-electron chi connectivity index (χ3n) is 3.44. The van der Waals surface area contributed by atoms with Crippen LogP contribution in [0.1, 0.15) is 23.3 Å². The number of carboxylic acid groups (broad SMARTS) is 1. The molecular formula is C12H19N5O4. The van der Waals surface area contributed by atoms with Crippen molar-refractivity contribution >= 4 is 12.0 Å². The van der Waals surface area contributed by atoms with Crippen molar-refractivity contribution in [3.05, 3.63) is 11.9 Å². The molecule has 0 aromatic carbocycles. The van der Waals surface area contributed by atoms with Gasteiger partial charge >= 0.3 is 12.0 Å². The van der Waals surface area contributed by atoms with Gasteiger partial charge in [-0.15, -0.1) is 5.10 Å². The number of carbonyl (C=O) groups excluding carboxylic acids is 1. The quantitative estimate of drug-likeness (QED) is 0.778. The summed E-state index contributed by atoms with van der Waals surface area (Å²) < 4.78 is 6.64. The first-order chi connectivity index (χ1) is 10.1. The van der Waals surface area contributed by atoms with E-state index in [2.05, 4.69) is 15.6 Å². The molecule has 1 aliphatic rings. The Kier molecular flexibility index (Phi) is 5.09. The molecule has 0 aliphatic carbocycles. The number of methoxy groups -OCH3 is 1. The topological polar surface area (TPSA) is 110 Å². The fourth-order valence-corrected chi connectivity index (χ4v) is 2.19. The zero-order valence-corrected chi connectivity index (χ0v) is 11.9. The highest BCUT2D eigenvalue weighted by Crippen LogP contribution is 2.12. The van der Waals surface area contributed by atoms with E-state index in [9.17, 15) is 9.59 Å². The molecule has 0 radical (unpaired) electrons. The van der Waals surface area contributed by atoms with Crippen LogP contribution in [0, 0.1) is 0 Å². The average molecular weight is 297 g/mol. The van der Waals surface area contributed by atoms with E-state index in [1.165, 1.54) is 10.9 Å². The molecule has 1 aromatic heterocycles. The van der Waals surface area contributed by atoms with Crippen LogP contribution in [0.3, 0.4) is 0 Å². The summed E-state index contributed by atoms with van der Waals surface area (Å²) in [5.74, 6) is -1.12. The first-order valence-corrected chi connectivity index (χ1v) is 6.79. The third-order valence-corrected chi connectivity index (χ3v) is 3.44. The van der Waals surface area contributed by atoms with Gasteiger partial charge in [0, 0.05) is 26.7 Å². The monoisotopic (exact) mass is 297 g/mol. The Morgan fingerprint density at radius 1 is 1.48 bits per heavy atom. The van der Waals surface area contributed by atoms with Crippen LogP contribution in [0.4, 0.5) is 4.79 Å². The highest BCUT2D eigenvalue weighted by Gasteiger charge is 2.22. The number of aromatic nitrogens is 3. The van der Waals surface area contributed by atoms with Crippen LogP contribution in [0.5, 0.6) is 0 Å². The van der Waals surface area contributed by atoms with Crippen LogP contribution >= 0.6 is 0 Å². The van der Waals surface area contributed by atoms with E-state index < -0.39 is 5.97 Å². The normalized spacial score (nSPS) is 16.0. The molecule has 9 nitrogen and oxygen atoms in total. The Balaban J connectivity index is 1.70. The van der Waals surface area contributed by atoms with E-state index in [-0.39, 0.29) is 17.8 Å². The molecule has 21 heavy (non-hydrogen) atoms. The Labute approximate surface area is 121 Å². The molecule has 116 valence electrons. The van der Waals surface area contributed by atoms with Crippen molar-refractivity contribution in [2.75, 3.05) is 26.7 Å². The Bertz CT molecular complexity index is 496. The fourth-order valence-electron chi connectivity index (χ4n) is 2.19. The predicted octanol–water partition coefficient (Wildman–Crippen LogP) is -0.203. The molecule has 1 fully saturated rings. The highest BCUT2D eigenvalue weighted by atomic mass is 16.5. The molecule has 0 unspecified atom stereocenters. The number of ether oxygens (including phenoxy) is 1. The van der Waals surface area contributed by atoms with E-state index in [4.69, 9.17) is 9.84 Å². The number of hydrogen-bond donors (Lipinski definition) is 2. The number of rotatable bonds is 5. The van der Waals surface area contributed by atoms with E-state index in [1.54, 1.807) is 12.0 Å². The van der Waals surface area contributed by atoms with Gasteiger partial charge in [0.25, 0.3) is 0 Å². The van der Waals surface area contributed by atoms with Gasteiger partial charge in [0.2, 0.25) is 0 Å². The SMILES string of the molecule is COC1CCN(C(=O)NCCn2cc(C(=O)O)nn2)CC1. The summed E-state index contributed by atoms with van der Waals surface area (Å²) in [5, 5.41) is 18.7. The number of hydrogen-bond acceptors (Lipinski definition) is 5. The molecule has 0 saturated carbocycles. The standard InChI is InChI=1S/C12H19N5O4/c1-21-9-2-5-16(6-3-9)12(20)13-4-7-17-8-10(11(18)19)14-15-17/h8-9H,2-7H2,1H3,(H,13,20)(H,18,19). The summed E-state index contributed by atoms with van der Waals surface area (Å²) in [6, 6.07) is -0.122. The lowest BCUT2D eigenvalue weighted by molar-refractivity contribution is 0.0503. The van der Waals surface area contributed by atoms with Gasteiger partial charge in [0.15, 0.2) is 5.69 Å². The van der Waals surface area contributed by atoms with Crippen LogP contribution in [0.2, 0.25) is 0 Å². The van der Waals surface area contributed by atoms with Crippen molar-refractivity contribution in [2.45, 2.75) is 25.5 Å². The molecule has 2 amide bonds. The second kappa shape index (κ2) is 7.02. The molecule has 9 heteroatoms. The van der Waals surface area contributed by atoms with Gasteiger partial charge in [-0.2, -0.15) is 0 Å². The van der Waals surface area contributed by atoms with Crippen LogP contribution in [0.25, 0.3) is 0 Å². The smallest absolute Gasteiger partial charge is 0.358 e. The van der Waals surface area contributed by atoms with Crippen molar-refractivity contribution in [3.63, 3.8) is 0 Å². The predicted molar refractivity (Wildman–Crippen MR) is 72.0 cm³/mol. The molecule has 1 saturated heterocycles. The van der Waals surface area contributed by atoms with E-state index in [0.29, 0.717) is 26.2 Å². The van der Waals surface area contributed by atoms with Crippen molar-refractivity contribution in [3.8, 4) is 0 Å². The summed E-state index contributed by atoms with van der Waals surface area (Å²) in [6.45, 7) is 2.10. The number of likely N-dealkylation sites (tertiary alicyclic amines) is 1. The Hall–Kier alpha value is -2.16. The van der Waals surface area contributed by atoms with Gasteiger partial charge < -0.3 is 20.1 Å². The van der Waals surface area contributed by atoms with Gasteiger partial charge in [-0.1, -0.05) is 5.21 Å². The number of carboxylic acids is 1. The van der Waals surface area contributed by atoms with E-state index in [1.807, 2.05) is 0 Å². The maximum absolute atomic E-state index is 11.9. The lowest BCUT2D eigenvalue weighted by Crippen LogP contribution is -2.46. The largest absolute Gasteiger partial charge is 0.476 e. The van der Waals surface area contributed by atoms with Crippen molar-refractivity contribution in [1.29, 1.82) is 0 Å². The van der Waals surface area contributed by atoms with Gasteiger partial charge in [-0.25, -0.2) is 14.3 Å². The number of urea groups is 1. The molecule has 2 heterocycles. The maximum atomic E-state index is 11.9. The lowest BCUT2D eigenvalue weighted by Gasteiger charge is -2.31. The van der Waals surface area contributed by atoms with Gasteiger partial charge in [-0.05, 0) is 12.8 Å². The number of nitrogens with one attached hydrogen (secondary N) is 1. The van der Waals surface area contributed by atoms with Crippen LogP contribution in [-0.4, -0.2) is 69.8 Å². The first kappa shape index (κ1) is 15.2. The second-order valence-electron chi connectivity index (χ2n) is 4.83. The summed E-state index contributed by atoms with van der Waals surface area (Å²) >= 11 is 0. The van der Waals surface area contributed by atoms with Gasteiger partial charge in [-0.3, -0.25) is 0 Å². The van der Waals surface area contributed by atoms with Crippen molar-refractivity contribution in [2.24, 2.45) is 0 Å². The number of carbonyl (C=O) groups is 2. The molecule has 2 N–H and O–H groups in total. The molecule has 1 aromatic rings. The minimum absolute atomic E-state index is 0.108. The summed E-state index contributed by atoms with van der Waals surface area (Å²) in [6.07, 6.45) is 3.25. The molecule has 0 atom stereocenters. The third kappa shape index (κ3) is 4.15. The van der Waals surface area contributed by atoms with Crippen LogP contribution < -0.4 is 5.32 Å². The van der Waals surface area contributed by atoms with Crippen LogP contribution in [-0.2, 0) is 11.3 Å². The molecule has 0 spiro atoms. The molecule has 1 aliphatic heterocycles. The maximum Gasteiger partial charge on any atom is 0.358 e. The van der Waals surface area contributed by atoms with Crippen molar-refractivity contribution in [1.82, 2.24) is 25.2 Å². The summed E-state index contributed by atoms with van der Waals surface area (Å²) in [4.78, 5) is 24.3. The summed E-state index contributed by atoms with van der Waals surface area (Å²) in [7, 11) is 1.68. The van der Waals surface area contributed by atoms with E-state index >= 15 is 0 Å². The molecular weight excluding hydrogens is 278 g/mol. The number of nitrogens with zero attached hydrogens (tertiary/aromatic N) is 4. The minimum atomic E-state index is -1.12. The Morgan fingerprint density at radius 3 is 2.76 bits per heavy atom. The fraction of sp³-hybridized carbons (Fsp3) is 0.667. The zero-order chi connectivity index (χ0) is 15.2. The van der Waals surface area contributed by atoms with Gasteiger partial charge in [0.1, 0.15) is 0 Å². The first-order valence-electron chi connectivity index (χ1n) is 6.79. The Morgan fingerprint density at radius 2 is 2.19 bits per heavy atom. The second-order valence-corrected chi connectivity index (χ2v) is 4.83. The number of aromatic carboxylic acids is 1. The summed E-state index contributed by atoms with van der Waals surface area (Å²) in [5.41, 5.74) is -0.108. The van der Waals surface area contributed by atoms with Crippen molar-refractivity contribution < 1.29 is 19.4 Å². The molecule has 0 bridgehead atoms. The van der Waals surface area contributed by atoms with E-state index in [0.717, 1.165) is 12.8 Å². The lowest BCUT2D eigenvalue weighted by atomic mass is 10.1. The minimum Gasteiger partial charge on any atom is -0.476 e. The zero-order valence-electron chi connectivity index (χ0n) is 11.9. The van der Waals surface area contributed by atoms with Gasteiger partial charge in [0.05, 0.1) is 18.8 Å². The number of amides is 2. The molecule has 2 rings (SSSR count). The average Bonchev–Trinajstić information content (AvgIpc) is 2.96. The van der Waals surface area contributed by atoms with Crippen LogP contribution in [0.15, 0.2) is 6.20 Å².